The highest BCUT2D eigenvalue weighted by Gasteiger charge is 2.30. The summed E-state index contributed by atoms with van der Waals surface area (Å²) in [5.41, 5.74) is 13.1. The lowest BCUT2D eigenvalue weighted by Gasteiger charge is -2.26. The largest absolute Gasteiger partial charge is 0.399 e. The number of Topliss-reactive ketones (excluding diaryl/α,β-unsaturated/α-hetero) is 1. The average Bonchev–Trinajstić information content (AvgIpc) is 3.28. The van der Waals surface area contributed by atoms with E-state index in [1.807, 2.05) is 61.2 Å². The molecule has 0 bridgehead atoms. The Labute approximate surface area is 272 Å². The SMILES string of the molecule is Cc1cc(NC2CCCN(C(=O)c3ccc(N)cc3C)c3ccc(Cl)cc32)ccc1C(=O)N1CCCC(=O)c2cc(Cl)ccc21. The molecule has 2 aliphatic heterocycles. The van der Waals surface area contributed by atoms with Crippen LogP contribution in [0.3, 0.4) is 0 Å². The van der Waals surface area contributed by atoms with Gasteiger partial charge in [-0.3, -0.25) is 14.4 Å². The molecule has 2 amide bonds. The van der Waals surface area contributed by atoms with E-state index in [4.69, 9.17) is 28.9 Å². The summed E-state index contributed by atoms with van der Waals surface area (Å²) in [6.45, 7) is 4.82. The fourth-order valence-corrected chi connectivity index (χ4v) is 6.74. The summed E-state index contributed by atoms with van der Waals surface area (Å²) in [6.07, 6.45) is 2.50. The van der Waals surface area contributed by atoms with Gasteiger partial charge in [-0.05, 0) is 123 Å². The van der Waals surface area contributed by atoms with Crippen molar-refractivity contribution in [1.82, 2.24) is 0 Å². The number of nitrogens with one attached hydrogen (secondary N) is 1. The van der Waals surface area contributed by atoms with Gasteiger partial charge < -0.3 is 20.9 Å². The predicted molar refractivity (Wildman–Crippen MR) is 182 cm³/mol. The Hall–Kier alpha value is -4.33. The highest BCUT2D eigenvalue weighted by atomic mass is 35.5. The number of halogens is 2. The molecule has 1 unspecified atom stereocenters. The summed E-state index contributed by atoms with van der Waals surface area (Å²) >= 11 is 12.7. The lowest BCUT2D eigenvalue weighted by atomic mass is 10.00. The topological polar surface area (TPSA) is 95.7 Å². The normalized spacial score (nSPS) is 16.4. The minimum Gasteiger partial charge on any atom is -0.399 e. The van der Waals surface area contributed by atoms with Crippen LogP contribution in [0.1, 0.15) is 79.5 Å². The van der Waals surface area contributed by atoms with Crippen LogP contribution in [-0.4, -0.2) is 30.7 Å². The lowest BCUT2D eigenvalue weighted by molar-refractivity contribution is 0.0973. The van der Waals surface area contributed by atoms with E-state index < -0.39 is 0 Å². The van der Waals surface area contributed by atoms with Gasteiger partial charge in [0.05, 0.1) is 11.7 Å². The minimum absolute atomic E-state index is 0.00767. The summed E-state index contributed by atoms with van der Waals surface area (Å²) in [4.78, 5) is 43.8. The van der Waals surface area contributed by atoms with Crippen LogP contribution in [0.4, 0.5) is 22.7 Å². The zero-order valence-electron chi connectivity index (χ0n) is 25.2. The van der Waals surface area contributed by atoms with E-state index in [9.17, 15) is 14.4 Å². The van der Waals surface area contributed by atoms with Crippen molar-refractivity contribution in [2.75, 3.05) is 33.9 Å². The number of amides is 2. The molecule has 2 aliphatic rings. The van der Waals surface area contributed by atoms with Crippen LogP contribution >= 0.6 is 23.2 Å². The van der Waals surface area contributed by atoms with E-state index >= 15 is 0 Å². The number of nitrogens with zero attached hydrogens (tertiary/aromatic N) is 2. The number of ketones is 1. The van der Waals surface area contributed by atoms with Crippen molar-refractivity contribution in [2.24, 2.45) is 0 Å². The maximum absolute atomic E-state index is 13.8. The van der Waals surface area contributed by atoms with Crippen LogP contribution < -0.4 is 20.9 Å². The number of nitrogens with two attached hydrogens (primary N) is 1. The van der Waals surface area contributed by atoms with Crippen LogP contribution in [0.15, 0.2) is 72.8 Å². The third-order valence-corrected chi connectivity index (χ3v) is 9.10. The van der Waals surface area contributed by atoms with Gasteiger partial charge in [-0.15, -0.1) is 0 Å². The molecule has 0 radical (unpaired) electrons. The molecule has 0 aliphatic carbocycles. The number of benzene rings is 4. The molecule has 2 heterocycles. The van der Waals surface area contributed by atoms with E-state index in [0.29, 0.717) is 64.0 Å². The molecule has 4 aromatic rings. The Kier molecular flexibility index (Phi) is 8.58. The zero-order valence-corrected chi connectivity index (χ0v) is 26.7. The van der Waals surface area contributed by atoms with Gasteiger partial charge >= 0.3 is 0 Å². The van der Waals surface area contributed by atoms with Crippen molar-refractivity contribution in [3.05, 3.63) is 116 Å². The van der Waals surface area contributed by atoms with Gasteiger partial charge in [-0.25, -0.2) is 0 Å². The van der Waals surface area contributed by atoms with Crippen molar-refractivity contribution in [2.45, 2.75) is 45.6 Å². The van der Waals surface area contributed by atoms with E-state index in [1.165, 1.54) is 0 Å². The molecule has 0 saturated carbocycles. The summed E-state index contributed by atoms with van der Waals surface area (Å²) in [7, 11) is 0. The smallest absolute Gasteiger partial charge is 0.258 e. The Morgan fingerprint density at radius 2 is 1.40 bits per heavy atom. The Morgan fingerprint density at radius 3 is 2.11 bits per heavy atom. The van der Waals surface area contributed by atoms with Gasteiger partial charge in [0.2, 0.25) is 0 Å². The molecule has 7 nitrogen and oxygen atoms in total. The van der Waals surface area contributed by atoms with Crippen molar-refractivity contribution in [1.29, 1.82) is 0 Å². The van der Waals surface area contributed by atoms with E-state index in [-0.39, 0.29) is 23.6 Å². The van der Waals surface area contributed by atoms with Crippen LogP contribution in [0.5, 0.6) is 0 Å². The minimum atomic E-state index is -0.156. The molecular weight excluding hydrogens is 607 g/mol. The van der Waals surface area contributed by atoms with Gasteiger partial charge in [0, 0.05) is 63.3 Å². The number of aryl methyl sites for hydroxylation is 2. The van der Waals surface area contributed by atoms with Gasteiger partial charge in [0.1, 0.15) is 0 Å². The van der Waals surface area contributed by atoms with E-state index in [2.05, 4.69) is 5.32 Å². The number of hydrogen-bond acceptors (Lipinski definition) is 5. The van der Waals surface area contributed by atoms with Crippen molar-refractivity contribution in [3.63, 3.8) is 0 Å². The second-order valence-electron chi connectivity index (χ2n) is 11.7. The lowest BCUT2D eigenvalue weighted by Crippen LogP contribution is -2.32. The molecule has 3 N–H and O–H groups in total. The second kappa shape index (κ2) is 12.6. The van der Waals surface area contributed by atoms with E-state index in [1.54, 1.807) is 35.2 Å². The highest BCUT2D eigenvalue weighted by Crippen LogP contribution is 2.38. The van der Waals surface area contributed by atoms with Crippen molar-refractivity contribution < 1.29 is 14.4 Å². The average molecular weight is 642 g/mol. The zero-order chi connectivity index (χ0) is 31.8. The van der Waals surface area contributed by atoms with E-state index in [0.717, 1.165) is 40.9 Å². The first-order chi connectivity index (χ1) is 21.6. The fourth-order valence-electron chi connectivity index (χ4n) is 6.38. The number of carbonyl (C=O) groups excluding carboxylic acids is 3. The standard InChI is InChI=1S/C36H34Cl2N4O3/c1-21-17-25(39)9-11-27(21)35(44)41-15-3-5-31(29-19-23(37)7-13-32(29)41)40-26-10-12-28(22(2)18-26)36(45)42-16-4-6-34(43)30-20-24(38)8-14-33(30)42/h7-14,17-20,31,40H,3-6,15-16,39H2,1-2H3. The summed E-state index contributed by atoms with van der Waals surface area (Å²) < 4.78 is 0. The molecule has 9 heteroatoms. The van der Waals surface area contributed by atoms with Crippen LogP contribution in [0.25, 0.3) is 0 Å². The molecular formula is C36H34Cl2N4O3. The number of fused-ring (bicyclic) bond motifs is 2. The van der Waals surface area contributed by atoms with Crippen LogP contribution in [0.2, 0.25) is 10.0 Å². The van der Waals surface area contributed by atoms with Crippen molar-refractivity contribution in [3.8, 4) is 0 Å². The summed E-state index contributed by atoms with van der Waals surface area (Å²) in [5, 5.41) is 4.71. The molecule has 4 aromatic carbocycles. The van der Waals surface area contributed by atoms with Crippen LogP contribution in [-0.2, 0) is 0 Å². The number of rotatable bonds is 4. The summed E-state index contributed by atoms with van der Waals surface area (Å²) in [6, 6.07) is 21.7. The van der Waals surface area contributed by atoms with Crippen molar-refractivity contribution >= 4 is 63.5 Å². The molecule has 230 valence electrons. The summed E-state index contributed by atoms with van der Waals surface area (Å²) in [5.74, 6) is -0.239. The molecule has 0 saturated heterocycles. The molecule has 0 fully saturated rings. The van der Waals surface area contributed by atoms with Gasteiger partial charge in [0.25, 0.3) is 11.8 Å². The first-order valence-corrected chi connectivity index (χ1v) is 15.9. The first kappa shape index (κ1) is 30.7. The number of carbonyl (C=O) groups is 3. The predicted octanol–water partition coefficient (Wildman–Crippen LogP) is 8.41. The molecule has 1 atom stereocenters. The Morgan fingerprint density at radius 1 is 0.778 bits per heavy atom. The third kappa shape index (κ3) is 6.15. The van der Waals surface area contributed by atoms with Gasteiger partial charge in [0.15, 0.2) is 5.78 Å². The van der Waals surface area contributed by atoms with Crippen LogP contribution in [0, 0.1) is 13.8 Å². The second-order valence-corrected chi connectivity index (χ2v) is 12.6. The Balaban J connectivity index is 1.27. The molecule has 45 heavy (non-hydrogen) atoms. The highest BCUT2D eigenvalue weighted by molar-refractivity contribution is 6.31. The first-order valence-electron chi connectivity index (χ1n) is 15.1. The molecule has 0 aromatic heterocycles. The Bertz CT molecular complexity index is 1840. The number of nitrogen functional groups attached to an aromatic ring is 1. The third-order valence-electron chi connectivity index (χ3n) is 8.63. The van der Waals surface area contributed by atoms with Gasteiger partial charge in [-0.2, -0.15) is 0 Å². The van der Waals surface area contributed by atoms with Gasteiger partial charge in [-0.1, -0.05) is 23.2 Å². The maximum atomic E-state index is 13.8. The number of anilines is 4. The quantitative estimate of drug-likeness (QED) is 0.218. The fraction of sp³-hybridized carbons (Fsp3) is 0.250. The number of hydrogen-bond donors (Lipinski definition) is 2. The maximum Gasteiger partial charge on any atom is 0.258 e. The monoisotopic (exact) mass is 640 g/mol. The molecule has 6 rings (SSSR count). The molecule has 0 spiro atoms.